The van der Waals surface area contributed by atoms with Crippen LogP contribution in [-0.2, 0) is 19.1 Å². The minimum absolute atomic E-state index is 0.347. The highest BCUT2D eigenvalue weighted by molar-refractivity contribution is 5.99. The van der Waals surface area contributed by atoms with Crippen LogP contribution in [0.15, 0.2) is 11.1 Å². The highest BCUT2D eigenvalue weighted by Crippen LogP contribution is 2.17. The van der Waals surface area contributed by atoms with E-state index in [1.807, 2.05) is 0 Å². The molecule has 104 valence electrons. The molecule has 0 aromatic heterocycles. The number of hydrogen-bond donors (Lipinski definition) is 0. The molecule has 0 rings (SSSR count). The van der Waals surface area contributed by atoms with Crippen LogP contribution in [0.1, 0.15) is 52.4 Å². The van der Waals surface area contributed by atoms with E-state index in [0.717, 1.165) is 19.3 Å². The molecule has 0 amide bonds. The Hall–Kier alpha value is -1.32. The van der Waals surface area contributed by atoms with Gasteiger partial charge in [-0.2, -0.15) is 0 Å². The Morgan fingerprint density at radius 1 is 0.889 bits per heavy atom. The molecule has 0 aliphatic rings. The van der Waals surface area contributed by atoms with E-state index in [0.29, 0.717) is 17.6 Å². The molecule has 0 heterocycles. The largest absolute Gasteiger partial charge is 0.466 e. The SMILES string of the molecule is CCCCCCCC(C(=O)OC)=C(C)C(=O)OC. The maximum atomic E-state index is 11.6. The van der Waals surface area contributed by atoms with Gasteiger partial charge in [-0.1, -0.05) is 32.6 Å². The van der Waals surface area contributed by atoms with Gasteiger partial charge in [0.2, 0.25) is 0 Å². The third-order valence-corrected chi connectivity index (χ3v) is 2.91. The van der Waals surface area contributed by atoms with E-state index in [2.05, 4.69) is 11.7 Å². The molecule has 0 saturated carbocycles. The summed E-state index contributed by atoms with van der Waals surface area (Å²) >= 11 is 0. The van der Waals surface area contributed by atoms with Crippen molar-refractivity contribution in [2.45, 2.75) is 52.4 Å². The zero-order valence-corrected chi connectivity index (χ0v) is 11.9. The van der Waals surface area contributed by atoms with Crippen molar-refractivity contribution in [2.75, 3.05) is 14.2 Å². The first-order valence-electron chi connectivity index (χ1n) is 6.44. The molecule has 0 bridgehead atoms. The second-order valence-electron chi connectivity index (χ2n) is 4.25. The number of methoxy groups -OCH3 is 2. The smallest absolute Gasteiger partial charge is 0.334 e. The minimum atomic E-state index is -0.469. The van der Waals surface area contributed by atoms with Crippen LogP contribution in [0.25, 0.3) is 0 Å². The van der Waals surface area contributed by atoms with Gasteiger partial charge >= 0.3 is 11.9 Å². The highest BCUT2D eigenvalue weighted by Gasteiger charge is 2.18. The molecule has 0 N–H and O–H groups in total. The van der Waals surface area contributed by atoms with Gasteiger partial charge in [-0.3, -0.25) is 0 Å². The molecule has 0 fully saturated rings. The Bertz CT molecular complexity index is 305. The molecule has 0 saturated heterocycles. The van der Waals surface area contributed by atoms with E-state index >= 15 is 0 Å². The quantitative estimate of drug-likeness (QED) is 0.380. The van der Waals surface area contributed by atoms with E-state index < -0.39 is 11.9 Å². The Balaban J connectivity index is 4.51. The topological polar surface area (TPSA) is 52.6 Å². The molecule has 4 heteroatoms. The van der Waals surface area contributed by atoms with Crippen LogP contribution < -0.4 is 0 Å². The van der Waals surface area contributed by atoms with E-state index in [4.69, 9.17) is 4.74 Å². The second-order valence-corrected chi connectivity index (χ2v) is 4.25. The van der Waals surface area contributed by atoms with Gasteiger partial charge in [0.15, 0.2) is 0 Å². The summed E-state index contributed by atoms with van der Waals surface area (Å²) in [6, 6.07) is 0. The van der Waals surface area contributed by atoms with Crippen LogP contribution >= 0.6 is 0 Å². The normalized spacial score (nSPS) is 11.8. The Kier molecular flexibility index (Phi) is 8.97. The zero-order valence-electron chi connectivity index (χ0n) is 11.9. The molecule has 0 aromatic rings. The van der Waals surface area contributed by atoms with Crippen molar-refractivity contribution in [2.24, 2.45) is 0 Å². The van der Waals surface area contributed by atoms with Gasteiger partial charge in [0.1, 0.15) is 0 Å². The third-order valence-electron chi connectivity index (χ3n) is 2.91. The fraction of sp³-hybridized carbons (Fsp3) is 0.714. The Labute approximate surface area is 109 Å². The number of carbonyl (C=O) groups is 2. The van der Waals surface area contributed by atoms with Crippen molar-refractivity contribution in [3.8, 4) is 0 Å². The predicted octanol–water partition coefficient (Wildman–Crippen LogP) is 3.01. The van der Waals surface area contributed by atoms with Crippen molar-refractivity contribution in [3.05, 3.63) is 11.1 Å². The lowest BCUT2D eigenvalue weighted by Gasteiger charge is -2.09. The molecule has 0 spiro atoms. The second kappa shape index (κ2) is 9.68. The summed E-state index contributed by atoms with van der Waals surface area (Å²) in [5.74, 6) is -0.905. The number of hydrogen-bond acceptors (Lipinski definition) is 4. The number of carbonyl (C=O) groups excluding carboxylic acids is 2. The number of ether oxygens (including phenoxy) is 2. The standard InChI is InChI=1S/C14H24O4/c1-5-6-7-8-9-10-12(14(16)18-4)11(2)13(15)17-3/h5-10H2,1-4H3. The van der Waals surface area contributed by atoms with Gasteiger partial charge in [-0.25, -0.2) is 9.59 Å². The molecule has 0 aliphatic heterocycles. The molecule has 0 atom stereocenters. The molecule has 0 aromatic carbocycles. The van der Waals surface area contributed by atoms with E-state index in [1.54, 1.807) is 6.92 Å². The summed E-state index contributed by atoms with van der Waals surface area (Å²) in [5, 5.41) is 0. The maximum absolute atomic E-state index is 11.6. The summed E-state index contributed by atoms with van der Waals surface area (Å²) in [7, 11) is 2.63. The summed E-state index contributed by atoms with van der Waals surface area (Å²) in [5.41, 5.74) is 0.778. The Morgan fingerprint density at radius 2 is 1.44 bits per heavy atom. The number of rotatable bonds is 8. The summed E-state index contributed by atoms with van der Waals surface area (Å²) in [6.07, 6.45) is 6.05. The summed E-state index contributed by atoms with van der Waals surface area (Å²) in [6.45, 7) is 3.76. The summed E-state index contributed by atoms with van der Waals surface area (Å²) < 4.78 is 9.33. The van der Waals surface area contributed by atoms with Crippen LogP contribution in [0.3, 0.4) is 0 Å². The van der Waals surface area contributed by atoms with Crippen molar-refractivity contribution in [1.29, 1.82) is 0 Å². The number of unbranched alkanes of at least 4 members (excludes halogenated alkanes) is 4. The first kappa shape index (κ1) is 16.7. The molecule has 4 nitrogen and oxygen atoms in total. The van der Waals surface area contributed by atoms with Gasteiger partial charge in [0.25, 0.3) is 0 Å². The first-order chi connectivity index (χ1) is 8.58. The van der Waals surface area contributed by atoms with Crippen molar-refractivity contribution >= 4 is 11.9 Å². The van der Waals surface area contributed by atoms with Gasteiger partial charge < -0.3 is 9.47 Å². The van der Waals surface area contributed by atoms with E-state index in [1.165, 1.54) is 27.1 Å². The fourth-order valence-electron chi connectivity index (χ4n) is 1.75. The number of esters is 2. The molecule has 0 radical (unpaired) electrons. The van der Waals surface area contributed by atoms with E-state index in [9.17, 15) is 9.59 Å². The van der Waals surface area contributed by atoms with Gasteiger partial charge in [-0.05, 0) is 19.8 Å². The van der Waals surface area contributed by atoms with Crippen LogP contribution in [0.2, 0.25) is 0 Å². The lowest BCUT2D eigenvalue weighted by molar-refractivity contribution is -0.139. The minimum Gasteiger partial charge on any atom is -0.466 e. The van der Waals surface area contributed by atoms with Gasteiger partial charge in [-0.15, -0.1) is 0 Å². The van der Waals surface area contributed by atoms with Crippen LogP contribution in [0, 0.1) is 0 Å². The molecular weight excluding hydrogens is 232 g/mol. The fourth-order valence-corrected chi connectivity index (χ4v) is 1.75. The van der Waals surface area contributed by atoms with Crippen LogP contribution in [0.4, 0.5) is 0 Å². The third kappa shape index (κ3) is 5.84. The summed E-state index contributed by atoms with van der Waals surface area (Å²) in [4.78, 5) is 23.0. The van der Waals surface area contributed by atoms with Crippen molar-refractivity contribution < 1.29 is 19.1 Å². The lowest BCUT2D eigenvalue weighted by Crippen LogP contribution is -2.13. The van der Waals surface area contributed by atoms with Crippen LogP contribution in [0.5, 0.6) is 0 Å². The predicted molar refractivity (Wildman–Crippen MR) is 70.1 cm³/mol. The van der Waals surface area contributed by atoms with Gasteiger partial charge in [0.05, 0.1) is 14.2 Å². The van der Waals surface area contributed by atoms with Crippen molar-refractivity contribution in [3.63, 3.8) is 0 Å². The lowest BCUT2D eigenvalue weighted by atomic mass is 10.0. The molecule has 0 unspecified atom stereocenters. The zero-order chi connectivity index (χ0) is 14.0. The average molecular weight is 256 g/mol. The van der Waals surface area contributed by atoms with Gasteiger partial charge in [0, 0.05) is 11.1 Å². The van der Waals surface area contributed by atoms with Crippen molar-refractivity contribution in [1.82, 2.24) is 0 Å². The molecular formula is C14H24O4. The molecule has 0 aliphatic carbocycles. The van der Waals surface area contributed by atoms with E-state index in [-0.39, 0.29) is 0 Å². The monoisotopic (exact) mass is 256 g/mol. The maximum Gasteiger partial charge on any atom is 0.334 e. The highest BCUT2D eigenvalue weighted by atomic mass is 16.5. The van der Waals surface area contributed by atoms with Crippen LogP contribution in [-0.4, -0.2) is 26.2 Å². The first-order valence-corrected chi connectivity index (χ1v) is 6.44. The average Bonchev–Trinajstić information content (AvgIpc) is 2.40. The molecule has 18 heavy (non-hydrogen) atoms. The Morgan fingerprint density at radius 3 is 1.94 bits per heavy atom.